The number of aliphatic hydroxyl groups is 1. The minimum Gasteiger partial charge on any atom is -0.394 e. The Morgan fingerprint density at radius 2 is 2.17 bits per heavy atom. The lowest BCUT2D eigenvalue weighted by atomic mass is 10.2. The van der Waals surface area contributed by atoms with Crippen LogP contribution in [0.2, 0.25) is 5.02 Å². The number of rotatable bonds is 4. The first-order valence-corrected chi connectivity index (χ1v) is 7.75. The van der Waals surface area contributed by atoms with Crippen LogP contribution in [0, 0.1) is 0 Å². The van der Waals surface area contributed by atoms with Crippen molar-refractivity contribution in [1.29, 1.82) is 0 Å². The zero-order valence-electron chi connectivity index (χ0n) is 12.7. The van der Waals surface area contributed by atoms with Crippen molar-refractivity contribution in [3.63, 3.8) is 0 Å². The van der Waals surface area contributed by atoms with E-state index in [1.54, 1.807) is 35.0 Å². The van der Waals surface area contributed by atoms with Gasteiger partial charge in [0, 0.05) is 24.9 Å². The minimum atomic E-state index is -0.216. The number of aromatic nitrogens is 2. The van der Waals surface area contributed by atoms with Crippen LogP contribution in [0.3, 0.4) is 0 Å². The molecule has 1 aromatic heterocycles. The van der Waals surface area contributed by atoms with E-state index in [4.69, 9.17) is 16.3 Å². The largest absolute Gasteiger partial charge is 0.394 e. The molecule has 0 spiro atoms. The SMILES string of the molecule is CO[C@H]1C[C@@H](CO)N(C(=O)c2cnn(-c3ccc(Cl)cc3)c2)C1. The molecule has 1 saturated heterocycles. The molecule has 1 aromatic carbocycles. The van der Waals surface area contributed by atoms with Gasteiger partial charge in [-0.1, -0.05) is 11.6 Å². The van der Waals surface area contributed by atoms with Crippen molar-refractivity contribution in [1.82, 2.24) is 14.7 Å². The first kappa shape index (κ1) is 16.0. The lowest BCUT2D eigenvalue weighted by molar-refractivity contribution is 0.0648. The van der Waals surface area contributed by atoms with E-state index in [2.05, 4.69) is 5.10 Å². The smallest absolute Gasteiger partial charge is 0.257 e. The molecular formula is C16H18ClN3O3. The molecule has 0 saturated carbocycles. The molecule has 6 nitrogen and oxygen atoms in total. The van der Waals surface area contributed by atoms with Crippen LogP contribution in [0.15, 0.2) is 36.7 Å². The third kappa shape index (κ3) is 3.24. The monoisotopic (exact) mass is 335 g/mol. The maximum Gasteiger partial charge on any atom is 0.257 e. The highest BCUT2D eigenvalue weighted by Gasteiger charge is 2.35. The van der Waals surface area contributed by atoms with Crippen molar-refractivity contribution < 1.29 is 14.6 Å². The van der Waals surface area contributed by atoms with Gasteiger partial charge in [0.25, 0.3) is 5.91 Å². The van der Waals surface area contributed by atoms with E-state index in [1.807, 2.05) is 12.1 Å². The molecule has 122 valence electrons. The number of nitrogens with zero attached hydrogens (tertiary/aromatic N) is 3. The van der Waals surface area contributed by atoms with Crippen molar-refractivity contribution in [2.24, 2.45) is 0 Å². The summed E-state index contributed by atoms with van der Waals surface area (Å²) in [6, 6.07) is 6.98. The number of carbonyl (C=O) groups excluding carboxylic acids is 1. The first-order valence-electron chi connectivity index (χ1n) is 7.37. The molecule has 2 aromatic rings. The number of aliphatic hydroxyl groups excluding tert-OH is 1. The molecule has 0 unspecified atom stereocenters. The van der Waals surface area contributed by atoms with Crippen molar-refractivity contribution >= 4 is 17.5 Å². The molecule has 3 rings (SSSR count). The molecule has 0 radical (unpaired) electrons. The van der Waals surface area contributed by atoms with Gasteiger partial charge in [-0.3, -0.25) is 4.79 Å². The minimum absolute atomic E-state index is 0.0394. The molecule has 1 fully saturated rings. The third-order valence-corrected chi connectivity index (χ3v) is 4.35. The molecule has 2 atom stereocenters. The third-order valence-electron chi connectivity index (χ3n) is 4.10. The van der Waals surface area contributed by atoms with Gasteiger partial charge in [-0.25, -0.2) is 4.68 Å². The molecular weight excluding hydrogens is 318 g/mol. The molecule has 23 heavy (non-hydrogen) atoms. The molecule has 2 heterocycles. The number of likely N-dealkylation sites (tertiary alicyclic amines) is 1. The van der Waals surface area contributed by atoms with E-state index >= 15 is 0 Å². The molecule has 7 heteroatoms. The number of carbonyl (C=O) groups is 1. The van der Waals surface area contributed by atoms with Gasteiger partial charge in [-0.15, -0.1) is 0 Å². The topological polar surface area (TPSA) is 67.6 Å². The van der Waals surface area contributed by atoms with Crippen LogP contribution in [0.4, 0.5) is 0 Å². The van der Waals surface area contributed by atoms with Gasteiger partial charge in [-0.05, 0) is 30.7 Å². The van der Waals surface area contributed by atoms with Gasteiger partial charge < -0.3 is 14.7 Å². The highest BCUT2D eigenvalue weighted by molar-refractivity contribution is 6.30. The number of amides is 1. The van der Waals surface area contributed by atoms with Gasteiger partial charge in [0.2, 0.25) is 0 Å². The van der Waals surface area contributed by atoms with Crippen LogP contribution in [0.5, 0.6) is 0 Å². The quantitative estimate of drug-likeness (QED) is 0.924. The summed E-state index contributed by atoms with van der Waals surface area (Å²) in [6.45, 7) is 0.406. The van der Waals surface area contributed by atoms with E-state index in [-0.39, 0.29) is 24.7 Å². The van der Waals surface area contributed by atoms with Crippen LogP contribution in [-0.2, 0) is 4.74 Å². The number of halogens is 1. The van der Waals surface area contributed by atoms with E-state index in [9.17, 15) is 9.90 Å². The Bertz CT molecular complexity index is 686. The average molecular weight is 336 g/mol. The van der Waals surface area contributed by atoms with E-state index in [0.29, 0.717) is 23.6 Å². The lowest BCUT2D eigenvalue weighted by Crippen LogP contribution is -2.37. The van der Waals surface area contributed by atoms with E-state index < -0.39 is 0 Å². The van der Waals surface area contributed by atoms with Crippen molar-refractivity contribution in [3.05, 3.63) is 47.2 Å². The van der Waals surface area contributed by atoms with Gasteiger partial charge in [0.1, 0.15) is 0 Å². The predicted molar refractivity (Wildman–Crippen MR) is 85.9 cm³/mol. The van der Waals surface area contributed by atoms with Crippen LogP contribution in [0.1, 0.15) is 16.8 Å². The summed E-state index contributed by atoms with van der Waals surface area (Å²) in [6.07, 6.45) is 3.82. The highest BCUT2D eigenvalue weighted by Crippen LogP contribution is 2.22. The molecule has 0 bridgehead atoms. The summed E-state index contributed by atoms with van der Waals surface area (Å²) >= 11 is 5.87. The Morgan fingerprint density at radius 1 is 1.43 bits per heavy atom. The standard InChI is InChI=1S/C16H18ClN3O3/c1-23-15-6-14(10-21)19(9-15)16(22)11-7-18-20(8-11)13-4-2-12(17)3-5-13/h2-5,7-8,14-15,21H,6,9-10H2,1H3/t14-,15-/m0/s1. The Morgan fingerprint density at radius 3 is 2.83 bits per heavy atom. The van der Waals surface area contributed by atoms with Crippen LogP contribution >= 0.6 is 11.6 Å². The molecule has 1 aliphatic rings. The molecule has 1 aliphatic heterocycles. The van der Waals surface area contributed by atoms with Crippen molar-refractivity contribution in [2.75, 3.05) is 20.3 Å². The number of ether oxygens (including phenoxy) is 1. The number of hydrogen-bond donors (Lipinski definition) is 1. The summed E-state index contributed by atoms with van der Waals surface area (Å²) in [5.74, 6) is -0.149. The molecule has 1 amide bonds. The average Bonchev–Trinajstić information content (AvgIpc) is 3.21. The van der Waals surface area contributed by atoms with Gasteiger partial charge >= 0.3 is 0 Å². The second-order valence-corrected chi connectivity index (χ2v) is 5.97. The van der Waals surface area contributed by atoms with Gasteiger partial charge in [0.05, 0.1) is 36.2 Å². The Balaban J connectivity index is 1.79. The lowest BCUT2D eigenvalue weighted by Gasteiger charge is -2.21. The van der Waals surface area contributed by atoms with Gasteiger partial charge in [-0.2, -0.15) is 5.10 Å². The fraction of sp³-hybridized carbons (Fsp3) is 0.375. The maximum atomic E-state index is 12.7. The fourth-order valence-corrected chi connectivity index (χ4v) is 2.93. The van der Waals surface area contributed by atoms with E-state index in [0.717, 1.165) is 5.69 Å². The zero-order chi connectivity index (χ0) is 16.4. The Kier molecular flexibility index (Phi) is 4.66. The zero-order valence-corrected chi connectivity index (χ0v) is 13.5. The second-order valence-electron chi connectivity index (χ2n) is 5.54. The number of benzene rings is 1. The first-order chi connectivity index (χ1) is 11.1. The summed E-state index contributed by atoms with van der Waals surface area (Å²) in [5, 5.41) is 14.3. The van der Waals surface area contributed by atoms with Gasteiger partial charge in [0.15, 0.2) is 0 Å². The predicted octanol–water partition coefficient (Wildman–Crippen LogP) is 1.75. The highest BCUT2D eigenvalue weighted by atomic mass is 35.5. The van der Waals surface area contributed by atoms with Crippen LogP contribution < -0.4 is 0 Å². The van der Waals surface area contributed by atoms with E-state index in [1.165, 1.54) is 6.20 Å². The number of methoxy groups -OCH3 is 1. The Labute approximate surface area is 139 Å². The molecule has 1 N–H and O–H groups in total. The van der Waals surface area contributed by atoms with Crippen molar-refractivity contribution in [3.8, 4) is 5.69 Å². The van der Waals surface area contributed by atoms with Crippen LogP contribution in [-0.4, -0.2) is 58.1 Å². The van der Waals surface area contributed by atoms with Crippen molar-refractivity contribution in [2.45, 2.75) is 18.6 Å². The Hall–Kier alpha value is -1.89. The summed E-state index contributed by atoms with van der Waals surface area (Å²) in [5.41, 5.74) is 1.30. The summed E-state index contributed by atoms with van der Waals surface area (Å²) in [7, 11) is 1.62. The number of hydrogen-bond acceptors (Lipinski definition) is 4. The maximum absolute atomic E-state index is 12.7. The van der Waals surface area contributed by atoms with Crippen LogP contribution in [0.25, 0.3) is 5.69 Å². The second kappa shape index (κ2) is 6.70. The molecule has 0 aliphatic carbocycles. The normalized spacial score (nSPS) is 20.9. The fourth-order valence-electron chi connectivity index (χ4n) is 2.80. The summed E-state index contributed by atoms with van der Waals surface area (Å²) < 4.78 is 6.93. The summed E-state index contributed by atoms with van der Waals surface area (Å²) in [4.78, 5) is 14.3.